The molecule has 0 aromatic heterocycles. The van der Waals surface area contributed by atoms with E-state index in [1.165, 1.54) is 5.56 Å². The highest BCUT2D eigenvalue weighted by atomic mass is 16.1. The molecule has 0 radical (unpaired) electrons. The Morgan fingerprint density at radius 1 is 1.40 bits per heavy atom. The van der Waals surface area contributed by atoms with E-state index in [4.69, 9.17) is 10.7 Å². The summed E-state index contributed by atoms with van der Waals surface area (Å²) in [6, 6.07) is 10.3. The number of benzene rings is 1. The first-order chi connectivity index (χ1) is 14.5. The minimum absolute atomic E-state index is 0.0347. The summed E-state index contributed by atoms with van der Waals surface area (Å²) in [6.07, 6.45) is 13.4. The molecular formula is C25H32N4O. The lowest BCUT2D eigenvalue weighted by Crippen LogP contribution is -2.51. The number of amides is 1. The number of nitrogens with one attached hydrogen (secondary N) is 2. The van der Waals surface area contributed by atoms with E-state index in [9.17, 15) is 4.79 Å². The van der Waals surface area contributed by atoms with Gasteiger partial charge in [0.05, 0.1) is 11.4 Å². The van der Waals surface area contributed by atoms with Crippen LogP contribution in [0.1, 0.15) is 38.2 Å². The van der Waals surface area contributed by atoms with Crippen LogP contribution in [0.4, 0.5) is 0 Å². The van der Waals surface area contributed by atoms with Gasteiger partial charge in [-0.15, -0.1) is 6.58 Å². The molecule has 0 saturated carbocycles. The van der Waals surface area contributed by atoms with Crippen LogP contribution in [0.25, 0.3) is 0 Å². The highest BCUT2D eigenvalue weighted by molar-refractivity contribution is 5.94. The molecule has 5 heteroatoms. The molecular weight excluding hydrogens is 372 g/mol. The Balaban J connectivity index is 1.59. The predicted octanol–water partition coefficient (Wildman–Crippen LogP) is 3.97. The standard InChI is InChI=1S/C25H32N4O/c1-3-18(2)16-22-25(27-17-23(28-22)20-12-14-21(26)15-13-20)29-24(30)11-7-10-19-8-5-4-6-9-19/h3-6,8-9,12,14-15,17-18,20,25,27H,1,7,10-11,13,16,26H2,2H3,(H,29,30). The van der Waals surface area contributed by atoms with Gasteiger partial charge in [-0.25, -0.2) is 0 Å². The first-order valence-electron chi connectivity index (χ1n) is 10.7. The Hall–Kier alpha value is -3.08. The third kappa shape index (κ3) is 6.21. The second kappa shape index (κ2) is 10.6. The van der Waals surface area contributed by atoms with Crippen LogP contribution >= 0.6 is 0 Å². The molecule has 1 aromatic carbocycles. The van der Waals surface area contributed by atoms with Crippen molar-refractivity contribution in [3.05, 3.63) is 84.4 Å². The van der Waals surface area contributed by atoms with Gasteiger partial charge in [0.2, 0.25) is 5.91 Å². The van der Waals surface area contributed by atoms with Gasteiger partial charge in [0, 0.05) is 24.2 Å². The fraction of sp³-hybridized carbons (Fsp3) is 0.360. The molecule has 1 heterocycles. The Kier molecular flexibility index (Phi) is 7.66. The maximum atomic E-state index is 12.5. The van der Waals surface area contributed by atoms with Crippen LogP contribution in [0.2, 0.25) is 0 Å². The van der Waals surface area contributed by atoms with E-state index in [1.54, 1.807) is 0 Å². The maximum absolute atomic E-state index is 12.5. The van der Waals surface area contributed by atoms with Crippen LogP contribution in [0, 0.1) is 11.8 Å². The van der Waals surface area contributed by atoms with Crippen molar-refractivity contribution in [1.29, 1.82) is 0 Å². The lowest BCUT2D eigenvalue weighted by Gasteiger charge is -2.28. The van der Waals surface area contributed by atoms with Crippen molar-refractivity contribution in [2.24, 2.45) is 22.6 Å². The third-order valence-electron chi connectivity index (χ3n) is 5.46. The van der Waals surface area contributed by atoms with Crippen molar-refractivity contribution in [2.45, 2.75) is 45.2 Å². The largest absolute Gasteiger partial charge is 0.399 e. The summed E-state index contributed by atoms with van der Waals surface area (Å²) < 4.78 is 0. The number of nitrogens with zero attached hydrogens (tertiary/aromatic N) is 1. The minimum Gasteiger partial charge on any atom is -0.399 e. The minimum atomic E-state index is -0.284. The van der Waals surface area contributed by atoms with Crippen LogP contribution in [-0.2, 0) is 11.2 Å². The van der Waals surface area contributed by atoms with Gasteiger partial charge in [-0.05, 0) is 43.2 Å². The van der Waals surface area contributed by atoms with E-state index in [2.05, 4.69) is 42.3 Å². The van der Waals surface area contributed by atoms with Gasteiger partial charge >= 0.3 is 0 Å². The molecule has 5 nitrogen and oxygen atoms in total. The molecule has 1 aromatic rings. The Morgan fingerprint density at radius 3 is 2.90 bits per heavy atom. The lowest BCUT2D eigenvalue weighted by molar-refractivity contribution is -0.121. The van der Waals surface area contributed by atoms with Gasteiger partial charge < -0.3 is 16.4 Å². The second-order valence-electron chi connectivity index (χ2n) is 8.00. The fourth-order valence-corrected chi connectivity index (χ4v) is 3.61. The number of allylic oxidation sites excluding steroid dienone is 4. The molecule has 0 spiro atoms. The van der Waals surface area contributed by atoms with E-state index < -0.39 is 0 Å². The molecule has 2 aliphatic rings. The monoisotopic (exact) mass is 404 g/mol. The number of aliphatic imine (C=N–C) groups is 1. The van der Waals surface area contributed by atoms with Crippen molar-refractivity contribution < 1.29 is 4.79 Å². The van der Waals surface area contributed by atoms with Gasteiger partial charge in [0.15, 0.2) is 0 Å². The van der Waals surface area contributed by atoms with E-state index >= 15 is 0 Å². The van der Waals surface area contributed by atoms with Crippen LogP contribution in [0.3, 0.4) is 0 Å². The molecule has 3 rings (SSSR count). The smallest absolute Gasteiger partial charge is 0.221 e. The number of carbonyl (C=O) groups excluding carboxylic acids is 1. The molecule has 30 heavy (non-hydrogen) atoms. The summed E-state index contributed by atoms with van der Waals surface area (Å²) in [6.45, 7) is 6.00. The lowest BCUT2D eigenvalue weighted by atomic mass is 9.94. The second-order valence-corrected chi connectivity index (χ2v) is 8.00. The van der Waals surface area contributed by atoms with Crippen LogP contribution in [-0.4, -0.2) is 17.8 Å². The van der Waals surface area contributed by atoms with E-state index in [1.807, 2.05) is 42.6 Å². The zero-order chi connectivity index (χ0) is 21.3. The summed E-state index contributed by atoms with van der Waals surface area (Å²) in [5, 5.41) is 6.46. The molecule has 3 unspecified atom stereocenters. The molecule has 0 bridgehead atoms. The summed E-state index contributed by atoms with van der Waals surface area (Å²) in [5.74, 6) is 0.508. The van der Waals surface area contributed by atoms with Crippen molar-refractivity contribution in [3.8, 4) is 0 Å². The zero-order valence-electron chi connectivity index (χ0n) is 17.7. The SMILES string of the molecule is C=CC(C)CC1=NC(C2C=CC(N)=CC2)=CNC1NC(=O)CCCc1ccccc1. The summed E-state index contributed by atoms with van der Waals surface area (Å²) in [7, 11) is 0. The van der Waals surface area contributed by atoms with Gasteiger partial charge in [0.25, 0.3) is 0 Å². The fourth-order valence-electron chi connectivity index (χ4n) is 3.61. The molecule has 3 atom stereocenters. The first kappa shape index (κ1) is 21.6. The average Bonchev–Trinajstić information content (AvgIpc) is 2.76. The topological polar surface area (TPSA) is 79.5 Å². The molecule has 1 aliphatic carbocycles. The van der Waals surface area contributed by atoms with Gasteiger partial charge in [-0.3, -0.25) is 9.79 Å². The maximum Gasteiger partial charge on any atom is 0.221 e. The third-order valence-corrected chi connectivity index (χ3v) is 5.46. The Morgan fingerprint density at radius 2 is 2.20 bits per heavy atom. The van der Waals surface area contributed by atoms with Crippen molar-refractivity contribution in [1.82, 2.24) is 10.6 Å². The molecule has 158 valence electrons. The molecule has 4 N–H and O–H groups in total. The first-order valence-corrected chi connectivity index (χ1v) is 10.7. The summed E-state index contributed by atoms with van der Waals surface area (Å²) in [5.41, 5.74) is 9.79. The quantitative estimate of drug-likeness (QED) is 0.545. The number of hydrogen-bond acceptors (Lipinski definition) is 4. The van der Waals surface area contributed by atoms with Crippen molar-refractivity contribution in [2.75, 3.05) is 0 Å². The number of carbonyl (C=O) groups is 1. The van der Waals surface area contributed by atoms with Crippen molar-refractivity contribution in [3.63, 3.8) is 0 Å². The van der Waals surface area contributed by atoms with Gasteiger partial charge in [0.1, 0.15) is 6.17 Å². The van der Waals surface area contributed by atoms with E-state index in [0.717, 1.165) is 42.8 Å². The predicted molar refractivity (Wildman–Crippen MR) is 123 cm³/mol. The molecule has 0 fully saturated rings. The summed E-state index contributed by atoms with van der Waals surface area (Å²) in [4.78, 5) is 17.5. The van der Waals surface area contributed by atoms with Crippen LogP contribution in [0.5, 0.6) is 0 Å². The van der Waals surface area contributed by atoms with E-state index in [0.29, 0.717) is 6.42 Å². The normalized spacial score (nSPS) is 21.6. The Bertz CT molecular complexity index is 866. The average molecular weight is 405 g/mol. The molecule has 0 saturated heterocycles. The highest BCUT2D eigenvalue weighted by Crippen LogP contribution is 2.25. The van der Waals surface area contributed by atoms with Gasteiger partial charge in [-0.2, -0.15) is 0 Å². The number of aryl methyl sites for hydroxylation is 1. The van der Waals surface area contributed by atoms with E-state index in [-0.39, 0.29) is 23.9 Å². The summed E-state index contributed by atoms with van der Waals surface area (Å²) >= 11 is 0. The number of rotatable bonds is 9. The number of hydrogen-bond donors (Lipinski definition) is 3. The zero-order valence-corrected chi connectivity index (χ0v) is 17.7. The molecule has 1 aliphatic heterocycles. The number of nitrogens with two attached hydrogens (primary N) is 1. The van der Waals surface area contributed by atoms with Gasteiger partial charge in [-0.1, -0.05) is 55.5 Å². The van der Waals surface area contributed by atoms with Crippen molar-refractivity contribution >= 4 is 11.6 Å². The Labute approximate surface area is 179 Å². The molecule has 1 amide bonds. The van der Waals surface area contributed by atoms with Crippen LogP contribution < -0.4 is 16.4 Å². The van der Waals surface area contributed by atoms with Crippen LogP contribution in [0.15, 0.2) is 83.8 Å². The highest BCUT2D eigenvalue weighted by Gasteiger charge is 2.25.